The van der Waals surface area contributed by atoms with E-state index in [-0.39, 0.29) is 0 Å². The first kappa shape index (κ1) is 18.5. The van der Waals surface area contributed by atoms with Crippen LogP contribution in [-0.2, 0) is 0 Å². The zero-order valence-electron chi connectivity index (χ0n) is 16.0. The predicted octanol–water partition coefficient (Wildman–Crippen LogP) is 6.35. The molecule has 27 heavy (non-hydrogen) atoms. The summed E-state index contributed by atoms with van der Waals surface area (Å²) in [5, 5.41) is 0. The number of hydrogen-bond acceptors (Lipinski definition) is 2. The molecule has 2 nitrogen and oxygen atoms in total. The van der Waals surface area contributed by atoms with Crippen LogP contribution in [0, 0.1) is 6.92 Å². The Hall–Kier alpha value is -3.26. The van der Waals surface area contributed by atoms with Crippen molar-refractivity contribution in [1.29, 1.82) is 0 Å². The lowest BCUT2D eigenvalue weighted by Gasteiger charge is -2.05. The van der Waals surface area contributed by atoms with Crippen LogP contribution in [0.2, 0.25) is 0 Å². The van der Waals surface area contributed by atoms with E-state index in [9.17, 15) is 0 Å². The second kappa shape index (κ2) is 8.91. The summed E-state index contributed by atoms with van der Waals surface area (Å²) in [6, 6.07) is 22.7. The molecule has 0 amide bonds. The molecule has 0 fully saturated rings. The Kier molecular flexibility index (Phi) is 6.11. The Balaban J connectivity index is 1.81. The molecule has 0 radical (unpaired) electrons. The van der Waals surface area contributed by atoms with Gasteiger partial charge in [-0.3, -0.25) is 0 Å². The maximum atomic E-state index is 5.46. The fourth-order valence-corrected chi connectivity index (χ4v) is 2.73. The van der Waals surface area contributed by atoms with Crippen molar-refractivity contribution in [3.63, 3.8) is 0 Å². The Morgan fingerprint density at radius 2 is 0.963 bits per heavy atom. The van der Waals surface area contributed by atoms with E-state index < -0.39 is 0 Å². The van der Waals surface area contributed by atoms with Gasteiger partial charge in [-0.2, -0.15) is 0 Å². The number of ether oxygens (including phenoxy) is 2. The third kappa shape index (κ3) is 5.35. The lowest BCUT2D eigenvalue weighted by molar-refractivity contribution is 0.414. The van der Waals surface area contributed by atoms with Crippen molar-refractivity contribution in [2.24, 2.45) is 0 Å². The van der Waals surface area contributed by atoms with E-state index in [0.717, 1.165) is 28.2 Å². The maximum absolute atomic E-state index is 5.46. The van der Waals surface area contributed by atoms with Gasteiger partial charge in [0.2, 0.25) is 0 Å². The van der Waals surface area contributed by atoms with Crippen LogP contribution in [0.25, 0.3) is 24.3 Å². The van der Waals surface area contributed by atoms with Crippen molar-refractivity contribution < 1.29 is 9.47 Å². The molecule has 0 heterocycles. The third-order valence-electron chi connectivity index (χ3n) is 4.32. The molecule has 3 rings (SSSR count). The molecular weight excluding hydrogens is 332 g/mol. The van der Waals surface area contributed by atoms with Crippen LogP contribution in [0.15, 0.2) is 66.7 Å². The topological polar surface area (TPSA) is 18.5 Å². The van der Waals surface area contributed by atoms with E-state index in [1.54, 1.807) is 14.2 Å². The average molecular weight is 356 g/mol. The molecule has 136 valence electrons. The van der Waals surface area contributed by atoms with Crippen LogP contribution >= 0.6 is 0 Å². The predicted molar refractivity (Wildman–Crippen MR) is 115 cm³/mol. The van der Waals surface area contributed by atoms with Crippen molar-refractivity contribution in [3.8, 4) is 11.5 Å². The van der Waals surface area contributed by atoms with Gasteiger partial charge in [0.15, 0.2) is 0 Å². The van der Waals surface area contributed by atoms with E-state index in [4.69, 9.17) is 9.47 Å². The van der Waals surface area contributed by atoms with Crippen LogP contribution in [0.5, 0.6) is 11.5 Å². The largest absolute Gasteiger partial charge is 0.497 e. The van der Waals surface area contributed by atoms with E-state index in [0.29, 0.717) is 0 Å². The molecule has 0 N–H and O–H groups in total. The van der Waals surface area contributed by atoms with E-state index in [1.807, 2.05) is 36.4 Å². The Morgan fingerprint density at radius 3 is 1.44 bits per heavy atom. The van der Waals surface area contributed by atoms with Gasteiger partial charge in [0.1, 0.15) is 11.5 Å². The molecular formula is C25H24O2. The molecule has 0 aliphatic heterocycles. The summed E-state index contributed by atoms with van der Waals surface area (Å²) in [5.41, 5.74) is 5.76. The molecule has 0 bridgehead atoms. The minimum atomic E-state index is 0.843. The summed E-state index contributed by atoms with van der Waals surface area (Å²) >= 11 is 0. The Labute approximate surface area is 161 Å². The van der Waals surface area contributed by atoms with E-state index in [2.05, 4.69) is 61.6 Å². The number of hydrogen-bond donors (Lipinski definition) is 0. The van der Waals surface area contributed by atoms with Gasteiger partial charge < -0.3 is 9.47 Å². The average Bonchev–Trinajstić information content (AvgIpc) is 2.72. The minimum Gasteiger partial charge on any atom is -0.497 e. The molecule has 0 atom stereocenters. The van der Waals surface area contributed by atoms with Gasteiger partial charge in [0.05, 0.1) is 14.2 Å². The zero-order valence-corrected chi connectivity index (χ0v) is 16.0. The van der Waals surface area contributed by atoms with Gasteiger partial charge in [-0.15, -0.1) is 0 Å². The fourth-order valence-electron chi connectivity index (χ4n) is 2.73. The second-order valence-corrected chi connectivity index (χ2v) is 6.39. The van der Waals surface area contributed by atoms with Gasteiger partial charge in [-0.1, -0.05) is 66.3 Å². The minimum absolute atomic E-state index is 0.843. The molecule has 0 aromatic heterocycles. The van der Waals surface area contributed by atoms with E-state index in [1.165, 1.54) is 11.1 Å². The van der Waals surface area contributed by atoms with Crippen LogP contribution in [0.1, 0.15) is 27.8 Å². The SMILES string of the molecule is COc1ccc(/C=C/c2cc(/C=C/c3ccc(C)cc3)cc(OC)c2)cc1. The number of aryl methyl sites for hydroxylation is 1. The van der Waals surface area contributed by atoms with Crippen molar-refractivity contribution in [2.75, 3.05) is 14.2 Å². The lowest BCUT2D eigenvalue weighted by Crippen LogP contribution is -1.86. The van der Waals surface area contributed by atoms with Crippen molar-refractivity contribution in [2.45, 2.75) is 6.92 Å². The summed E-state index contributed by atoms with van der Waals surface area (Å²) in [4.78, 5) is 0. The first-order chi connectivity index (χ1) is 13.2. The maximum Gasteiger partial charge on any atom is 0.120 e. The highest BCUT2D eigenvalue weighted by Gasteiger charge is 1.98. The van der Waals surface area contributed by atoms with Crippen molar-refractivity contribution in [1.82, 2.24) is 0 Å². The molecule has 0 saturated carbocycles. The molecule has 0 aliphatic carbocycles. The molecule has 0 saturated heterocycles. The van der Waals surface area contributed by atoms with Gasteiger partial charge >= 0.3 is 0 Å². The van der Waals surface area contributed by atoms with Crippen molar-refractivity contribution in [3.05, 3.63) is 94.5 Å². The van der Waals surface area contributed by atoms with Gasteiger partial charge in [-0.25, -0.2) is 0 Å². The zero-order chi connectivity index (χ0) is 19.1. The van der Waals surface area contributed by atoms with Crippen LogP contribution < -0.4 is 9.47 Å². The summed E-state index contributed by atoms with van der Waals surface area (Å²) < 4.78 is 10.7. The Morgan fingerprint density at radius 1 is 0.519 bits per heavy atom. The summed E-state index contributed by atoms with van der Waals surface area (Å²) in [6.45, 7) is 2.09. The fraction of sp³-hybridized carbons (Fsp3) is 0.120. The van der Waals surface area contributed by atoms with Gasteiger partial charge in [0, 0.05) is 0 Å². The highest BCUT2D eigenvalue weighted by atomic mass is 16.5. The van der Waals surface area contributed by atoms with Gasteiger partial charge in [0.25, 0.3) is 0 Å². The molecule has 0 unspecified atom stereocenters. The highest BCUT2D eigenvalue weighted by molar-refractivity contribution is 5.75. The van der Waals surface area contributed by atoms with E-state index >= 15 is 0 Å². The normalized spacial score (nSPS) is 11.2. The quantitative estimate of drug-likeness (QED) is 0.479. The monoisotopic (exact) mass is 356 g/mol. The number of methoxy groups -OCH3 is 2. The number of rotatable bonds is 6. The van der Waals surface area contributed by atoms with Crippen LogP contribution in [-0.4, -0.2) is 14.2 Å². The second-order valence-electron chi connectivity index (χ2n) is 6.39. The molecule has 0 spiro atoms. The summed E-state index contributed by atoms with van der Waals surface area (Å²) in [6.07, 6.45) is 8.40. The smallest absolute Gasteiger partial charge is 0.120 e. The molecule has 0 aliphatic rings. The summed E-state index contributed by atoms with van der Waals surface area (Å²) in [5.74, 6) is 1.70. The molecule has 3 aromatic carbocycles. The molecule has 3 aromatic rings. The highest BCUT2D eigenvalue weighted by Crippen LogP contribution is 2.21. The first-order valence-corrected chi connectivity index (χ1v) is 8.92. The van der Waals surface area contributed by atoms with Crippen LogP contribution in [0.4, 0.5) is 0 Å². The molecule has 2 heteroatoms. The third-order valence-corrected chi connectivity index (χ3v) is 4.32. The first-order valence-electron chi connectivity index (χ1n) is 8.92. The lowest BCUT2D eigenvalue weighted by atomic mass is 10.1. The standard InChI is InChI=1S/C25H24O2/c1-19-4-6-20(7-5-19)8-10-22-16-23(18-25(17-22)27-3)11-9-21-12-14-24(26-2)15-13-21/h4-18H,1-3H3/b10-8+,11-9+. The van der Waals surface area contributed by atoms with Crippen molar-refractivity contribution >= 4 is 24.3 Å². The Bertz CT molecular complexity index is 933. The van der Waals surface area contributed by atoms with Crippen LogP contribution in [0.3, 0.4) is 0 Å². The summed E-state index contributed by atoms with van der Waals surface area (Å²) in [7, 11) is 3.37. The van der Waals surface area contributed by atoms with Gasteiger partial charge in [-0.05, 0) is 59.5 Å². The number of benzene rings is 3.